The van der Waals surface area contributed by atoms with Crippen molar-refractivity contribution in [3.63, 3.8) is 0 Å². The summed E-state index contributed by atoms with van der Waals surface area (Å²) < 4.78 is 6.06. The number of nitrogens with two attached hydrogens (primary N) is 1. The molecule has 116 valence electrons. The van der Waals surface area contributed by atoms with E-state index < -0.39 is 0 Å². The summed E-state index contributed by atoms with van der Waals surface area (Å²) >= 11 is 0. The summed E-state index contributed by atoms with van der Waals surface area (Å²) in [4.78, 5) is 2.81. The zero-order valence-electron chi connectivity index (χ0n) is 13.2. The molecule has 4 unspecified atom stereocenters. The molecule has 4 atom stereocenters. The van der Waals surface area contributed by atoms with Crippen LogP contribution in [0.15, 0.2) is 0 Å². The van der Waals surface area contributed by atoms with Gasteiger partial charge in [-0.25, -0.2) is 0 Å². The van der Waals surface area contributed by atoms with Crippen molar-refractivity contribution in [1.82, 2.24) is 4.90 Å². The molecule has 1 saturated heterocycles. The second kappa shape index (κ2) is 6.33. The molecule has 0 aromatic rings. The minimum absolute atomic E-state index is 0.281. The maximum atomic E-state index is 6.33. The molecular weight excluding hydrogens is 248 g/mol. The van der Waals surface area contributed by atoms with Gasteiger partial charge in [0.25, 0.3) is 0 Å². The van der Waals surface area contributed by atoms with Crippen LogP contribution in [0.25, 0.3) is 0 Å². The number of rotatable bonds is 3. The van der Waals surface area contributed by atoms with Gasteiger partial charge in [0.05, 0.1) is 12.7 Å². The monoisotopic (exact) mass is 280 g/mol. The van der Waals surface area contributed by atoms with E-state index in [1.54, 1.807) is 0 Å². The molecular formula is C17H32N2O. The lowest BCUT2D eigenvalue weighted by Crippen LogP contribution is -2.65. The third-order valence-electron chi connectivity index (χ3n) is 6.22. The van der Waals surface area contributed by atoms with Crippen LogP contribution in [0.3, 0.4) is 0 Å². The van der Waals surface area contributed by atoms with Gasteiger partial charge in [-0.15, -0.1) is 0 Å². The topological polar surface area (TPSA) is 38.5 Å². The summed E-state index contributed by atoms with van der Waals surface area (Å²) in [5.41, 5.74) is 6.61. The average Bonchev–Trinajstić information content (AvgIpc) is 2.54. The summed E-state index contributed by atoms with van der Waals surface area (Å²) in [6.45, 7) is 5.21. The molecule has 0 aromatic carbocycles. The maximum Gasteiger partial charge on any atom is 0.0731 e. The maximum absolute atomic E-state index is 6.33. The van der Waals surface area contributed by atoms with Crippen LogP contribution in [-0.4, -0.2) is 42.3 Å². The zero-order chi connectivity index (χ0) is 14.0. The number of hydrogen-bond donors (Lipinski definition) is 1. The zero-order valence-corrected chi connectivity index (χ0v) is 13.2. The van der Waals surface area contributed by atoms with Gasteiger partial charge in [-0.3, -0.25) is 4.90 Å². The Bertz CT molecular complexity index is 320. The number of morpholine rings is 1. The molecule has 0 spiro atoms. The van der Waals surface area contributed by atoms with Crippen LogP contribution in [0.4, 0.5) is 0 Å². The van der Waals surface area contributed by atoms with E-state index in [1.807, 2.05) is 0 Å². The average molecular weight is 280 g/mol. The van der Waals surface area contributed by atoms with Crippen LogP contribution >= 0.6 is 0 Å². The Balaban J connectivity index is 1.79. The Morgan fingerprint density at radius 1 is 1.20 bits per heavy atom. The van der Waals surface area contributed by atoms with Gasteiger partial charge in [0.1, 0.15) is 0 Å². The molecule has 0 amide bonds. The van der Waals surface area contributed by atoms with E-state index in [0.717, 1.165) is 25.6 Å². The highest BCUT2D eigenvalue weighted by molar-refractivity contribution is 5.02. The standard InChI is InChI=1S/C17H32N2O/c1-2-14-6-5-9-17(12-14,13-18)19-10-11-20-16-8-4-3-7-15(16)19/h14-16H,2-13,18H2,1H3. The summed E-state index contributed by atoms with van der Waals surface area (Å²) in [7, 11) is 0. The molecule has 3 aliphatic rings. The number of hydrogen-bond acceptors (Lipinski definition) is 3. The minimum Gasteiger partial charge on any atom is -0.375 e. The first-order valence-electron chi connectivity index (χ1n) is 8.87. The smallest absolute Gasteiger partial charge is 0.0731 e. The van der Waals surface area contributed by atoms with E-state index in [2.05, 4.69) is 11.8 Å². The highest BCUT2D eigenvalue weighted by Gasteiger charge is 2.46. The second-order valence-electron chi connectivity index (χ2n) is 7.25. The van der Waals surface area contributed by atoms with Crippen molar-refractivity contribution < 1.29 is 4.74 Å². The third-order valence-corrected chi connectivity index (χ3v) is 6.22. The molecule has 20 heavy (non-hydrogen) atoms. The minimum atomic E-state index is 0.281. The largest absolute Gasteiger partial charge is 0.375 e. The number of ether oxygens (including phenoxy) is 1. The molecule has 3 rings (SSSR count). The molecule has 2 aliphatic carbocycles. The fourth-order valence-corrected chi connectivity index (χ4v) is 5.06. The summed E-state index contributed by atoms with van der Waals surface area (Å²) in [6, 6.07) is 0.650. The van der Waals surface area contributed by atoms with Gasteiger partial charge in [0, 0.05) is 24.7 Å². The van der Waals surface area contributed by atoms with Crippen molar-refractivity contribution in [2.75, 3.05) is 19.7 Å². The molecule has 3 fully saturated rings. The summed E-state index contributed by atoms with van der Waals surface area (Å²) in [6.07, 6.45) is 12.5. The van der Waals surface area contributed by atoms with E-state index >= 15 is 0 Å². The van der Waals surface area contributed by atoms with E-state index in [1.165, 1.54) is 57.8 Å². The molecule has 3 heteroatoms. The van der Waals surface area contributed by atoms with Gasteiger partial charge in [-0.2, -0.15) is 0 Å². The predicted molar refractivity (Wildman–Crippen MR) is 82.7 cm³/mol. The van der Waals surface area contributed by atoms with E-state index in [4.69, 9.17) is 10.5 Å². The van der Waals surface area contributed by atoms with Crippen molar-refractivity contribution in [2.45, 2.75) is 82.4 Å². The molecule has 0 radical (unpaired) electrons. The number of nitrogens with zero attached hydrogens (tertiary/aromatic N) is 1. The molecule has 3 nitrogen and oxygen atoms in total. The fourth-order valence-electron chi connectivity index (χ4n) is 5.06. The molecule has 0 bridgehead atoms. The highest BCUT2D eigenvalue weighted by Crippen LogP contribution is 2.42. The number of fused-ring (bicyclic) bond motifs is 1. The van der Waals surface area contributed by atoms with E-state index in [0.29, 0.717) is 12.1 Å². The normalized spacial score (nSPS) is 43.2. The predicted octanol–water partition coefficient (Wildman–Crippen LogP) is 2.93. The van der Waals surface area contributed by atoms with Crippen molar-refractivity contribution in [2.24, 2.45) is 11.7 Å². The molecule has 1 aliphatic heterocycles. The SMILES string of the molecule is CCC1CCCC(CN)(N2CCOC3CCCCC32)C1. The summed E-state index contributed by atoms with van der Waals surface area (Å²) in [5, 5.41) is 0. The van der Waals surface area contributed by atoms with E-state index in [9.17, 15) is 0 Å². The first kappa shape index (κ1) is 14.8. The lowest BCUT2D eigenvalue weighted by Gasteiger charge is -2.55. The first-order chi connectivity index (χ1) is 9.79. The van der Waals surface area contributed by atoms with Crippen molar-refractivity contribution in [3.05, 3.63) is 0 Å². The third kappa shape index (κ3) is 2.65. The Morgan fingerprint density at radius 2 is 2.05 bits per heavy atom. The summed E-state index contributed by atoms with van der Waals surface area (Å²) in [5.74, 6) is 0.886. The van der Waals surface area contributed by atoms with E-state index in [-0.39, 0.29) is 5.54 Å². The quantitative estimate of drug-likeness (QED) is 0.864. The molecule has 0 aromatic heterocycles. The van der Waals surface area contributed by atoms with Gasteiger partial charge in [0.2, 0.25) is 0 Å². The second-order valence-corrected chi connectivity index (χ2v) is 7.25. The van der Waals surface area contributed by atoms with Gasteiger partial charge < -0.3 is 10.5 Å². The van der Waals surface area contributed by atoms with Crippen molar-refractivity contribution in [1.29, 1.82) is 0 Å². The van der Waals surface area contributed by atoms with Crippen molar-refractivity contribution in [3.8, 4) is 0 Å². The Labute approximate surface area is 124 Å². The molecule has 2 N–H and O–H groups in total. The van der Waals surface area contributed by atoms with Crippen molar-refractivity contribution >= 4 is 0 Å². The Kier molecular flexibility index (Phi) is 4.68. The lowest BCUT2D eigenvalue weighted by atomic mass is 9.72. The van der Waals surface area contributed by atoms with Gasteiger partial charge in [-0.1, -0.05) is 39.0 Å². The van der Waals surface area contributed by atoms with Crippen LogP contribution in [0, 0.1) is 5.92 Å². The van der Waals surface area contributed by atoms with Gasteiger partial charge >= 0.3 is 0 Å². The molecule has 1 heterocycles. The molecule has 2 saturated carbocycles. The van der Waals surface area contributed by atoms with Crippen LogP contribution in [0.2, 0.25) is 0 Å². The van der Waals surface area contributed by atoms with Crippen LogP contribution in [-0.2, 0) is 4.74 Å². The Hall–Kier alpha value is -0.120. The highest BCUT2D eigenvalue weighted by atomic mass is 16.5. The van der Waals surface area contributed by atoms with Gasteiger partial charge in [0.15, 0.2) is 0 Å². The van der Waals surface area contributed by atoms with Crippen LogP contribution in [0.1, 0.15) is 64.7 Å². The van der Waals surface area contributed by atoms with Crippen LogP contribution < -0.4 is 5.73 Å². The fraction of sp³-hybridized carbons (Fsp3) is 1.00. The van der Waals surface area contributed by atoms with Crippen LogP contribution in [0.5, 0.6) is 0 Å². The first-order valence-corrected chi connectivity index (χ1v) is 8.87. The lowest BCUT2D eigenvalue weighted by molar-refractivity contribution is -0.135. The Morgan fingerprint density at radius 3 is 2.85 bits per heavy atom. The van der Waals surface area contributed by atoms with Gasteiger partial charge in [-0.05, 0) is 31.6 Å².